The lowest BCUT2D eigenvalue weighted by atomic mass is 10.2. The molecule has 0 bridgehead atoms. The van der Waals surface area contributed by atoms with Gasteiger partial charge in [0.25, 0.3) is 5.91 Å². The molecule has 5 nitrogen and oxygen atoms in total. The highest BCUT2D eigenvalue weighted by molar-refractivity contribution is 7.22. The molecule has 21 heavy (non-hydrogen) atoms. The van der Waals surface area contributed by atoms with E-state index in [0.717, 1.165) is 15.6 Å². The minimum Gasteiger partial charge on any atom is -0.396 e. The molecule has 1 unspecified atom stereocenters. The van der Waals surface area contributed by atoms with Crippen molar-refractivity contribution >= 4 is 28.6 Å². The lowest BCUT2D eigenvalue weighted by Gasteiger charge is -2.16. The number of aliphatic hydroxyl groups excluding tert-OH is 1. The Bertz CT molecular complexity index is 575. The maximum Gasteiger partial charge on any atom is 0.263 e. The van der Waals surface area contributed by atoms with E-state index < -0.39 is 0 Å². The Labute approximate surface area is 131 Å². The lowest BCUT2D eigenvalue weighted by molar-refractivity contribution is 0.0882. The van der Waals surface area contributed by atoms with E-state index in [4.69, 9.17) is 9.84 Å². The fourth-order valence-corrected chi connectivity index (χ4v) is 3.68. The predicted octanol–water partition coefficient (Wildman–Crippen LogP) is 2.31. The Morgan fingerprint density at radius 3 is 3.00 bits per heavy atom. The molecule has 0 fully saturated rings. The summed E-state index contributed by atoms with van der Waals surface area (Å²) < 4.78 is 5.05. The van der Waals surface area contributed by atoms with Gasteiger partial charge in [-0.05, 0) is 24.8 Å². The number of aryl methyl sites for hydroxylation is 1. The van der Waals surface area contributed by atoms with Gasteiger partial charge in [0.2, 0.25) is 0 Å². The van der Waals surface area contributed by atoms with E-state index >= 15 is 0 Å². The average Bonchev–Trinajstić information content (AvgIpc) is 3.08. The number of thiazole rings is 1. The number of carbonyl (C=O) groups excluding carboxylic acids is 1. The summed E-state index contributed by atoms with van der Waals surface area (Å²) in [5, 5.41) is 14.7. The molecule has 114 valence electrons. The van der Waals surface area contributed by atoms with Gasteiger partial charge in [-0.3, -0.25) is 4.79 Å². The lowest BCUT2D eigenvalue weighted by Crippen LogP contribution is -2.38. The van der Waals surface area contributed by atoms with Crippen molar-refractivity contribution in [2.45, 2.75) is 19.4 Å². The largest absolute Gasteiger partial charge is 0.396 e. The van der Waals surface area contributed by atoms with E-state index in [0.29, 0.717) is 17.9 Å². The van der Waals surface area contributed by atoms with Gasteiger partial charge in [0.15, 0.2) is 0 Å². The molecule has 2 aromatic rings. The normalized spacial score (nSPS) is 12.3. The standard InChI is InChI=1S/C14H18N2O3S2/c1-9-12(13(18)16-10(5-6-17)8-19-2)21-14(15-9)11-4-3-7-20-11/h3-4,7,10,17H,5-6,8H2,1-2H3,(H,16,18). The third-order valence-corrected chi connectivity index (χ3v) is 5.11. The van der Waals surface area contributed by atoms with Crippen molar-refractivity contribution in [2.75, 3.05) is 20.3 Å². The van der Waals surface area contributed by atoms with Gasteiger partial charge >= 0.3 is 0 Å². The fourth-order valence-electron chi connectivity index (χ4n) is 1.92. The molecule has 0 saturated carbocycles. The van der Waals surface area contributed by atoms with E-state index in [1.54, 1.807) is 18.4 Å². The number of nitrogens with one attached hydrogen (secondary N) is 1. The van der Waals surface area contributed by atoms with Crippen molar-refractivity contribution in [3.05, 3.63) is 28.1 Å². The van der Waals surface area contributed by atoms with Crippen molar-refractivity contribution < 1.29 is 14.6 Å². The summed E-state index contributed by atoms with van der Waals surface area (Å²) in [6.07, 6.45) is 0.467. The Hall–Kier alpha value is -1.28. The molecule has 7 heteroatoms. The molecule has 0 aliphatic rings. The number of rotatable bonds is 7. The first-order chi connectivity index (χ1) is 10.2. The van der Waals surface area contributed by atoms with Gasteiger partial charge in [0.05, 0.1) is 23.2 Å². The van der Waals surface area contributed by atoms with Gasteiger partial charge in [0, 0.05) is 13.7 Å². The number of nitrogens with zero attached hydrogens (tertiary/aromatic N) is 1. The zero-order valence-corrected chi connectivity index (χ0v) is 13.6. The first-order valence-corrected chi connectivity index (χ1v) is 8.27. The predicted molar refractivity (Wildman–Crippen MR) is 85.0 cm³/mol. The van der Waals surface area contributed by atoms with Gasteiger partial charge < -0.3 is 15.2 Å². The monoisotopic (exact) mass is 326 g/mol. The molecule has 2 aromatic heterocycles. The molecule has 2 N–H and O–H groups in total. The van der Waals surface area contributed by atoms with Gasteiger partial charge in [-0.15, -0.1) is 22.7 Å². The number of thiophene rings is 1. The van der Waals surface area contributed by atoms with Crippen LogP contribution in [0.5, 0.6) is 0 Å². The van der Waals surface area contributed by atoms with Gasteiger partial charge in [-0.25, -0.2) is 4.98 Å². The number of aliphatic hydroxyl groups is 1. The van der Waals surface area contributed by atoms with E-state index in [-0.39, 0.29) is 18.6 Å². The molecule has 0 radical (unpaired) electrons. The SMILES string of the molecule is COCC(CCO)NC(=O)c1sc(-c2cccs2)nc1C. The summed E-state index contributed by atoms with van der Waals surface area (Å²) in [6.45, 7) is 2.22. The molecule has 1 atom stereocenters. The van der Waals surface area contributed by atoms with Crippen LogP contribution in [-0.4, -0.2) is 42.4 Å². The number of methoxy groups -OCH3 is 1. The zero-order chi connectivity index (χ0) is 15.2. The molecular formula is C14H18N2O3S2. The van der Waals surface area contributed by atoms with Crippen molar-refractivity contribution in [3.63, 3.8) is 0 Å². The Kier molecular flexibility index (Phi) is 5.86. The van der Waals surface area contributed by atoms with Crippen molar-refractivity contribution in [1.82, 2.24) is 10.3 Å². The number of aromatic nitrogens is 1. The molecule has 0 saturated heterocycles. The second-order valence-corrected chi connectivity index (χ2v) is 6.50. The summed E-state index contributed by atoms with van der Waals surface area (Å²) in [4.78, 5) is 18.5. The fraction of sp³-hybridized carbons (Fsp3) is 0.429. The van der Waals surface area contributed by atoms with Gasteiger partial charge in [0.1, 0.15) is 9.88 Å². The maximum atomic E-state index is 12.3. The van der Waals surface area contributed by atoms with Crippen LogP contribution < -0.4 is 5.32 Å². The van der Waals surface area contributed by atoms with Crippen molar-refractivity contribution in [3.8, 4) is 9.88 Å². The highest BCUT2D eigenvalue weighted by Crippen LogP contribution is 2.31. The minimum atomic E-state index is -0.195. The molecule has 1 amide bonds. The third-order valence-electron chi connectivity index (χ3n) is 2.92. The van der Waals surface area contributed by atoms with Crippen molar-refractivity contribution in [2.24, 2.45) is 0 Å². The number of carbonyl (C=O) groups is 1. The molecule has 0 spiro atoms. The number of hydrogen-bond donors (Lipinski definition) is 2. The first-order valence-electron chi connectivity index (χ1n) is 6.57. The zero-order valence-electron chi connectivity index (χ0n) is 12.0. The average molecular weight is 326 g/mol. The maximum absolute atomic E-state index is 12.3. The number of amides is 1. The molecule has 2 rings (SSSR count). The molecule has 0 aliphatic heterocycles. The van der Waals surface area contributed by atoms with E-state index in [9.17, 15) is 4.79 Å². The van der Waals surface area contributed by atoms with E-state index in [2.05, 4.69) is 10.3 Å². The highest BCUT2D eigenvalue weighted by Gasteiger charge is 2.19. The quantitative estimate of drug-likeness (QED) is 0.819. The number of ether oxygens (including phenoxy) is 1. The van der Waals surface area contributed by atoms with Crippen LogP contribution in [0.15, 0.2) is 17.5 Å². The van der Waals surface area contributed by atoms with Gasteiger partial charge in [-0.1, -0.05) is 6.07 Å². The highest BCUT2D eigenvalue weighted by atomic mass is 32.1. The summed E-state index contributed by atoms with van der Waals surface area (Å²) >= 11 is 2.99. The Morgan fingerprint density at radius 2 is 2.38 bits per heavy atom. The molecule has 0 aromatic carbocycles. The van der Waals surface area contributed by atoms with Crippen LogP contribution in [0, 0.1) is 6.92 Å². The summed E-state index contributed by atoms with van der Waals surface area (Å²) in [6, 6.07) is 3.76. The number of hydrogen-bond acceptors (Lipinski definition) is 6. The van der Waals surface area contributed by atoms with Crippen molar-refractivity contribution in [1.29, 1.82) is 0 Å². The summed E-state index contributed by atoms with van der Waals surface area (Å²) in [7, 11) is 1.57. The van der Waals surface area contributed by atoms with Gasteiger partial charge in [-0.2, -0.15) is 0 Å². The topological polar surface area (TPSA) is 71.5 Å². The summed E-state index contributed by atoms with van der Waals surface area (Å²) in [5.74, 6) is -0.164. The third kappa shape index (κ3) is 4.10. The Morgan fingerprint density at radius 1 is 1.57 bits per heavy atom. The molecule has 0 aliphatic carbocycles. The smallest absolute Gasteiger partial charge is 0.263 e. The second-order valence-electron chi connectivity index (χ2n) is 4.55. The van der Waals surface area contributed by atoms with E-state index in [1.165, 1.54) is 11.3 Å². The van der Waals surface area contributed by atoms with Crippen LogP contribution in [0.1, 0.15) is 21.8 Å². The summed E-state index contributed by atoms with van der Waals surface area (Å²) in [5.41, 5.74) is 0.723. The second kappa shape index (κ2) is 7.65. The van der Waals surface area contributed by atoms with Crippen LogP contribution in [0.25, 0.3) is 9.88 Å². The first kappa shape index (κ1) is 16.1. The van der Waals surface area contributed by atoms with Crippen LogP contribution in [0.2, 0.25) is 0 Å². The Balaban J connectivity index is 2.12. The van der Waals surface area contributed by atoms with E-state index in [1.807, 2.05) is 24.4 Å². The molecular weight excluding hydrogens is 308 g/mol. The molecule has 2 heterocycles. The minimum absolute atomic E-state index is 0.0103. The van der Waals surface area contributed by atoms with Crippen LogP contribution in [-0.2, 0) is 4.74 Å². The van der Waals surface area contributed by atoms with Crippen LogP contribution >= 0.6 is 22.7 Å². The van der Waals surface area contributed by atoms with Crippen LogP contribution in [0.3, 0.4) is 0 Å². The van der Waals surface area contributed by atoms with Crippen LogP contribution in [0.4, 0.5) is 0 Å².